The Bertz CT molecular complexity index is 1440. The maximum absolute atomic E-state index is 13.1. The van der Waals surface area contributed by atoms with E-state index in [1.165, 1.54) is 30.5 Å². The highest BCUT2D eigenvalue weighted by molar-refractivity contribution is 7.90. The van der Waals surface area contributed by atoms with Crippen molar-refractivity contribution in [1.82, 2.24) is 25.1 Å². The molecule has 4 aromatic rings. The van der Waals surface area contributed by atoms with Crippen molar-refractivity contribution >= 4 is 27.3 Å². The van der Waals surface area contributed by atoms with Crippen LogP contribution >= 0.6 is 0 Å². The fourth-order valence-electron chi connectivity index (χ4n) is 3.22. The topological polar surface area (TPSA) is 146 Å². The van der Waals surface area contributed by atoms with Crippen LogP contribution in [0, 0.1) is 0 Å². The molecule has 0 saturated heterocycles. The lowest BCUT2D eigenvalue weighted by molar-refractivity contribution is -0.144. The highest BCUT2D eigenvalue weighted by atomic mass is 32.2. The van der Waals surface area contributed by atoms with E-state index in [0.29, 0.717) is 11.3 Å². The Hall–Kier alpha value is -4.04. The Morgan fingerprint density at radius 3 is 2.33 bits per heavy atom. The standard InChI is InChI=1S/C22H20F3N7O3S/c1-36(34,35)15-9-7-14(8-10-15)27-21-26-11-16(19-29-20(32-31-19)22(23,24)25)18(30-21)28-17(12-33)13-5-3-2-4-6-13/h2-11,17,33H,12H2,1H3,(H,29,31,32)(H2,26,27,28,30)/t17-/m1/s1. The van der Waals surface area contributed by atoms with Crippen LogP contribution in [0.3, 0.4) is 0 Å². The van der Waals surface area contributed by atoms with Crippen LogP contribution in [0.2, 0.25) is 0 Å². The van der Waals surface area contributed by atoms with Crippen molar-refractivity contribution in [2.75, 3.05) is 23.5 Å². The van der Waals surface area contributed by atoms with Crippen molar-refractivity contribution in [2.45, 2.75) is 17.1 Å². The van der Waals surface area contributed by atoms with Gasteiger partial charge in [-0.25, -0.2) is 18.4 Å². The molecule has 0 aliphatic heterocycles. The van der Waals surface area contributed by atoms with Crippen LogP contribution < -0.4 is 10.6 Å². The molecule has 0 bridgehead atoms. The van der Waals surface area contributed by atoms with E-state index in [-0.39, 0.29) is 34.7 Å². The largest absolute Gasteiger partial charge is 0.451 e. The number of rotatable bonds is 8. The number of nitrogens with one attached hydrogen (secondary N) is 3. The molecule has 2 aromatic heterocycles. The number of aromatic amines is 1. The van der Waals surface area contributed by atoms with Crippen molar-refractivity contribution in [3.8, 4) is 11.4 Å². The molecule has 1 atom stereocenters. The van der Waals surface area contributed by atoms with Gasteiger partial charge in [0.15, 0.2) is 15.7 Å². The van der Waals surface area contributed by atoms with Gasteiger partial charge in [0.2, 0.25) is 11.8 Å². The Morgan fingerprint density at radius 1 is 1.06 bits per heavy atom. The molecule has 0 unspecified atom stereocenters. The zero-order valence-electron chi connectivity index (χ0n) is 18.7. The lowest BCUT2D eigenvalue weighted by atomic mass is 10.1. The number of hydrogen-bond acceptors (Lipinski definition) is 9. The van der Waals surface area contributed by atoms with Crippen molar-refractivity contribution < 1.29 is 26.7 Å². The fraction of sp³-hybridized carbons (Fsp3) is 0.182. The van der Waals surface area contributed by atoms with E-state index in [1.807, 2.05) is 5.10 Å². The lowest BCUT2D eigenvalue weighted by Crippen LogP contribution is -2.17. The number of alkyl halides is 3. The normalized spacial score (nSPS) is 12.8. The molecule has 2 aromatic carbocycles. The van der Waals surface area contributed by atoms with E-state index in [2.05, 4.69) is 30.7 Å². The smallest absolute Gasteiger partial charge is 0.394 e. The zero-order chi connectivity index (χ0) is 25.9. The molecule has 0 fully saturated rings. The molecule has 4 rings (SSSR count). The molecule has 0 radical (unpaired) electrons. The number of H-pyrrole nitrogens is 1. The van der Waals surface area contributed by atoms with Crippen LogP contribution in [0.25, 0.3) is 11.4 Å². The van der Waals surface area contributed by atoms with Gasteiger partial charge in [-0.15, -0.1) is 0 Å². The minimum absolute atomic E-state index is 0.0599. The number of halogens is 3. The van der Waals surface area contributed by atoms with Crippen LogP contribution in [0.5, 0.6) is 0 Å². The maximum atomic E-state index is 13.1. The van der Waals surface area contributed by atoms with Crippen LogP contribution in [0.4, 0.5) is 30.6 Å². The summed E-state index contributed by atoms with van der Waals surface area (Å²) < 4.78 is 62.5. The number of aliphatic hydroxyl groups excluding tert-OH is 1. The summed E-state index contributed by atoms with van der Waals surface area (Å²) in [6, 6.07) is 14.1. The predicted octanol–water partition coefficient (Wildman–Crippen LogP) is 3.57. The SMILES string of the molecule is CS(=O)(=O)c1ccc(Nc2ncc(-c3n[nH]c(C(F)(F)F)n3)c(N[C@H](CO)c3ccccc3)n2)cc1. The molecule has 0 aliphatic carbocycles. The van der Waals surface area contributed by atoms with Crippen molar-refractivity contribution in [3.63, 3.8) is 0 Å². The first-order chi connectivity index (χ1) is 17.0. The van der Waals surface area contributed by atoms with Gasteiger partial charge in [-0.2, -0.15) is 23.3 Å². The first-order valence-corrected chi connectivity index (χ1v) is 12.3. The van der Waals surface area contributed by atoms with Gasteiger partial charge in [0, 0.05) is 18.1 Å². The van der Waals surface area contributed by atoms with Gasteiger partial charge in [-0.1, -0.05) is 30.3 Å². The molecule has 4 N–H and O–H groups in total. The van der Waals surface area contributed by atoms with E-state index in [4.69, 9.17) is 0 Å². The molecule has 0 saturated carbocycles. The molecular formula is C22H20F3N7O3S. The third kappa shape index (κ3) is 5.78. The molecule has 36 heavy (non-hydrogen) atoms. The van der Waals surface area contributed by atoms with Crippen LogP contribution in [-0.2, 0) is 16.0 Å². The van der Waals surface area contributed by atoms with E-state index >= 15 is 0 Å². The van der Waals surface area contributed by atoms with Gasteiger partial charge >= 0.3 is 6.18 Å². The second kappa shape index (κ2) is 9.91. The minimum atomic E-state index is -4.73. The number of hydrogen-bond donors (Lipinski definition) is 4. The van der Waals surface area contributed by atoms with Crippen molar-refractivity contribution in [1.29, 1.82) is 0 Å². The average Bonchev–Trinajstić information content (AvgIpc) is 3.34. The van der Waals surface area contributed by atoms with E-state index < -0.39 is 27.9 Å². The third-order valence-corrected chi connectivity index (χ3v) is 6.15. The molecule has 0 aliphatic rings. The van der Waals surface area contributed by atoms with Gasteiger partial charge in [-0.3, -0.25) is 5.10 Å². The first-order valence-electron chi connectivity index (χ1n) is 10.4. The summed E-state index contributed by atoms with van der Waals surface area (Å²) in [5.74, 6) is -1.45. The summed E-state index contributed by atoms with van der Waals surface area (Å²) >= 11 is 0. The summed E-state index contributed by atoms with van der Waals surface area (Å²) in [5, 5.41) is 21.4. The molecule has 0 spiro atoms. The molecular weight excluding hydrogens is 499 g/mol. The Kier molecular flexibility index (Phi) is 6.90. The summed E-state index contributed by atoms with van der Waals surface area (Å²) in [5.41, 5.74) is 1.25. The first kappa shape index (κ1) is 25.1. The van der Waals surface area contributed by atoms with Gasteiger partial charge in [0.1, 0.15) is 5.82 Å². The van der Waals surface area contributed by atoms with Crippen LogP contribution in [-0.4, -0.2) is 51.5 Å². The second-order valence-electron chi connectivity index (χ2n) is 7.67. The summed E-state index contributed by atoms with van der Waals surface area (Å²) in [7, 11) is -3.38. The summed E-state index contributed by atoms with van der Waals surface area (Å²) in [4.78, 5) is 12.1. The predicted molar refractivity (Wildman–Crippen MR) is 125 cm³/mol. The monoisotopic (exact) mass is 519 g/mol. The van der Waals surface area contributed by atoms with Gasteiger partial charge in [0.25, 0.3) is 0 Å². The summed E-state index contributed by atoms with van der Waals surface area (Å²) in [6.07, 6.45) is -2.39. The van der Waals surface area contributed by atoms with E-state index in [1.54, 1.807) is 30.3 Å². The fourth-order valence-corrected chi connectivity index (χ4v) is 3.85. The molecule has 10 nitrogen and oxygen atoms in total. The highest BCUT2D eigenvalue weighted by Crippen LogP contribution is 2.31. The second-order valence-corrected chi connectivity index (χ2v) is 9.69. The lowest BCUT2D eigenvalue weighted by Gasteiger charge is -2.19. The van der Waals surface area contributed by atoms with Gasteiger partial charge in [-0.05, 0) is 29.8 Å². The molecule has 0 amide bonds. The van der Waals surface area contributed by atoms with Crippen molar-refractivity contribution in [3.05, 3.63) is 72.2 Å². The highest BCUT2D eigenvalue weighted by Gasteiger charge is 2.35. The molecule has 188 valence electrons. The third-order valence-electron chi connectivity index (χ3n) is 5.02. The minimum Gasteiger partial charge on any atom is -0.394 e. The number of nitrogens with zero attached hydrogens (tertiary/aromatic N) is 4. The van der Waals surface area contributed by atoms with Crippen LogP contribution in [0.1, 0.15) is 17.4 Å². The number of sulfone groups is 1. The number of benzene rings is 2. The molecule has 14 heteroatoms. The van der Waals surface area contributed by atoms with Crippen molar-refractivity contribution in [2.24, 2.45) is 0 Å². The van der Waals surface area contributed by atoms with E-state index in [0.717, 1.165) is 6.26 Å². The average molecular weight is 520 g/mol. The zero-order valence-corrected chi connectivity index (χ0v) is 19.5. The summed E-state index contributed by atoms with van der Waals surface area (Å²) in [6.45, 7) is -0.342. The van der Waals surface area contributed by atoms with Gasteiger partial charge in [0.05, 0.1) is 23.1 Å². The number of anilines is 3. The van der Waals surface area contributed by atoms with Crippen LogP contribution in [0.15, 0.2) is 65.7 Å². The quantitative estimate of drug-likeness (QED) is 0.274. The van der Waals surface area contributed by atoms with Gasteiger partial charge < -0.3 is 15.7 Å². The maximum Gasteiger partial charge on any atom is 0.451 e. The van der Waals surface area contributed by atoms with E-state index in [9.17, 15) is 26.7 Å². The number of aromatic nitrogens is 5. The Balaban J connectivity index is 1.70. The Labute approximate surface area is 203 Å². The molecule has 2 heterocycles. The Morgan fingerprint density at radius 2 is 1.75 bits per heavy atom. The number of aliphatic hydroxyl groups is 1.